The Morgan fingerprint density at radius 3 is 1.89 bits per heavy atom. The molecule has 1 nitrogen and oxygen atoms in total. The van der Waals surface area contributed by atoms with Crippen LogP contribution in [0.5, 0.6) is 5.75 Å². The smallest absolute Gasteiger partial charge is 0.118 e. The van der Waals surface area contributed by atoms with Crippen molar-refractivity contribution < 1.29 is 4.74 Å². The fourth-order valence-electron chi connectivity index (χ4n) is 1.96. The second-order valence-electron chi connectivity index (χ2n) is 4.00. The molecule has 0 heterocycles. The van der Waals surface area contributed by atoms with Crippen LogP contribution in [-0.2, 0) is 0 Å². The Balaban J connectivity index is 2.36. The first kappa shape index (κ1) is 13.3. The molecule has 2 aromatic rings. The predicted octanol–water partition coefficient (Wildman–Crippen LogP) is 4.63. The van der Waals surface area contributed by atoms with Crippen LogP contribution in [0.1, 0.15) is 17.0 Å². The quantitative estimate of drug-likeness (QED) is 0.742. The molecule has 0 aliphatic carbocycles. The van der Waals surface area contributed by atoms with Gasteiger partial charge in [-0.3, -0.25) is 0 Å². The number of rotatable bonds is 4. The third kappa shape index (κ3) is 2.98. The highest BCUT2D eigenvalue weighted by Gasteiger charge is 2.21. The molecule has 2 rings (SSSR count). The molecule has 0 aromatic heterocycles. The van der Waals surface area contributed by atoms with Gasteiger partial charge in [-0.05, 0) is 23.3 Å². The van der Waals surface area contributed by atoms with E-state index in [4.69, 9.17) is 27.9 Å². The van der Waals surface area contributed by atoms with E-state index in [9.17, 15) is 0 Å². The van der Waals surface area contributed by atoms with Crippen LogP contribution < -0.4 is 4.74 Å². The van der Waals surface area contributed by atoms with Gasteiger partial charge in [-0.15, -0.1) is 23.2 Å². The van der Waals surface area contributed by atoms with E-state index in [1.165, 1.54) is 0 Å². The minimum atomic E-state index is -0.485. The monoisotopic (exact) mass is 280 g/mol. The third-order valence-electron chi connectivity index (χ3n) is 2.89. The van der Waals surface area contributed by atoms with Crippen molar-refractivity contribution in [3.63, 3.8) is 0 Å². The first-order valence-electron chi connectivity index (χ1n) is 5.69. The molecule has 0 aliphatic rings. The molecule has 0 saturated carbocycles. The van der Waals surface area contributed by atoms with Gasteiger partial charge in [0.15, 0.2) is 0 Å². The SMILES string of the molecule is COc1ccc(C(c2ccccc2)C(Cl)Cl)cc1. The molecule has 0 fully saturated rings. The van der Waals surface area contributed by atoms with Crippen LogP contribution in [0, 0.1) is 0 Å². The zero-order valence-corrected chi connectivity index (χ0v) is 11.5. The number of hydrogen-bond donors (Lipinski definition) is 0. The molecular formula is C15H14Cl2O. The van der Waals surface area contributed by atoms with Gasteiger partial charge in [0.25, 0.3) is 0 Å². The molecule has 0 spiro atoms. The number of alkyl halides is 2. The van der Waals surface area contributed by atoms with Crippen molar-refractivity contribution in [3.8, 4) is 5.75 Å². The first-order chi connectivity index (χ1) is 8.72. The summed E-state index contributed by atoms with van der Waals surface area (Å²) >= 11 is 12.2. The molecule has 1 atom stereocenters. The molecule has 0 saturated heterocycles. The van der Waals surface area contributed by atoms with Crippen LogP contribution in [0.3, 0.4) is 0 Å². The van der Waals surface area contributed by atoms with Crippen LogP contribution >= 0.6 is 23.2 Å². The number of halogens is 2. The van der Waals surface area contributed by atoms with Gasteiger partial charge in [0.2, 0.25) is 0 Å². The lowest BCUT2D eigenvalue weighted by Crippen LogP contribution is -2.08. The van der Waals surface area contributed by atoms with Crippen LogP contribution in [0.25, 0.3) is 0 Å². The Bertz CT molecular complexity index is 480. The maximum absolute atomic E-state index is 6.12. The van der Waals surface area contributed by atoms with Gasteiger partial charge < -0.3 is 4.74 Å². The topological polar surface area (TPSA) is 9.23 Å². The maximum atomic E-state index is 6.12. The molecule has 94 valence electrons. The summed E-state index contributed by atoms with van der Waals surface area (Å²) in [4.78, 5) is -0.485. The number of ether oxygens (including phenoxy) is 1. The molecule has 3 heteroatoms. The summed E-state index contributed by atoms with van der Waals surface area (Å²) < 4.78 is 5.15. The summed E-state index contributed by atoms with van der Waals surface area (Å²) in [6.45, 7) is 0. The zero-order valence-electron chi connectivity index (χ0n) is 10.0. The third-order valence-corrected chi connectivity index (χ3v) is 3.39. The van der Waals surface area contributed by atoms with Gasteiger partial charge >= 0.3 is 0 Å². The predicted molar refractivity (Wildman–Crippen MR) is 76.8 cm³/mol. The van der Waals surface area contributed by atoms with E-state index in [0.29, 0.717) is 0 Å². The summed E-state index contributed by atoms with van der Waals surface area (Å²) in [6, 6.07) is 17.8. The Hall–Kier alpha value is -1.18. The van der Waals surface area contributed by atoms with Gasteiger partial charge in [0.05, 0.1) is 7.11 Å². The van der Waals surface area contributed by atoms with E-state index in [-0.39, 0.29) is 5.92 Å². The summed E-state index contributed by atoms with van der Waals surface area (Å²) in [5.74, 6) is 0.798. The van der Waals surface area contributed by atoms with Crippen molar-refractivity contribution in [2.75, 3.05) is 7.11 Å². The first-order valence-corrected chi connectivity index (χ1v) is 6.56. The van der Waals surface area contributed by atoms with Crippen LogP contribution in [0.15, 0.2) is 54.6 Å². The molecule has 0 bridgehead atoms. The zero-order chi connectivity index (χ0) is 13.0. The second kappa shape index (κ2) is 6.12. The lowest BCUT2D eigenvalue weighted by Gasteiger charge is -2.19. The molecule has 0 radical (unpaired) electrons. The van der Waals surface area contributed by atoms with Crippen molar-refractivity contribution in [1.82, 2.24) is 0 Å². The Kier molecular flexibility index (Phi) is 4.51. The Morgan fingerprint density at radius 2 is 1.39 bits per heavy atom. The van der Waals surface area contributed by atoms with E-state index in [2.05, 4.69) is 0 Å². The summed E-state index contributed by atoms with van der Waals surface area (Å²) in [5, 5.41) is 0. The summed E-state index contributed by atoms with van der Waals surface area (Å²) in [5.41, 5.74) is 2.19. The minimum absolute atomic E-state index is 0.0274. The fourth-order valence-corrected chi connectivity index (χ4v) is 2.54. The molecule has 1 unspecified atom stereocenters. The highest BCUT2D eigenvalue weighted by atomic mass is 35.5. The highest BCUT2D eigenvalue weighted by molar-refractivity contribution is 6.45. The lowest BCUT2D eigenvalue weighted by atomic mass is 9.93. The molecular weight excluding hydrogens is 267 g/mol. The van der Waals surface area contributed by atoms with Crippen molar-refractivity contribution in [2.45, 2.75) is 10.8 Å². The Labute approximate surface area is 117 Å². The van der Waals surface area contributed by atoms with E-state index >= 15 is 0 Å². The van der Waals surface area contributed by atoms with Gasteiger partial charge in [-0.1, -0.05) is 42.5 Å². The van der Waals surface area contributed by atoms with Crippen LogP contribution in [0.2, 0.25) is 0 Å². The number of methoxy groups -OCH3 is 1. The van der Waals surface area contributed by atoms with Crippen molar-refractivity contribution in [2.24, 2.45) is 0 Å². The van der Waals surface area contributed by atoms with Crippen molar-refractivity contribution in [3.05, 3.63) is 65.7 Å². The number of benzene rings is 2. The maximum Gasteiger partial charge on any atom is 0.118 e. The minimum Gasteiger partial charge on any atom is -0.497 e. The van der Waals surface area contributed by atoms with Crippen LogP contribution in [-0.4, -0.2) is 11.9 Å². The summed E-state index contributed by atoms with van der Waals surface area (Å²) in [7, 11) is 1.65. The largest absolute Gasteiger partial charge is 0.497 e. The molecule has 0 aliphatic heterocycles. The highest BCUT2D eigenvalue weighted by Crippen LogP contribution is 2.33. The van der Waals surface area contributed by atoms with E-state index in [1.807, 2.05) is 54.6 Å². The van der Waals surface area contributed by atoms with Crippen molar-refractivity contribution >= 4 is 23.2 Å². The lowest BCUT2D eigenvalue weighted by molar-refractivity contribution is 0.414. The molecule has 2 aromatic carbocycles. The van der Waals surface area contributed by atoms with Gasteiger partial charge in [-0.25, -0.2) is 0 Å². The number of hydrogen-bond acceptors (Lipinski definition) is 1. The standard InChI is InChI=1S/C15H14Cl2O/c1-18-13-9-7-12(8-10-13)14(15(16)17)11-5-3-2-4-6-11/h2-10,14-15H,1H3. The van der Waals surface area contributed by atoms with E-state index in [1.54, 1.807) is 7.11 Å². The van der Waals surface area contributed by atoms with Crippen molar-refractivity contribution in [1.29, 1.82) is 0 Å². The summed E-state index contributed by atoms with van der Waals surface area (Å²) in [6.07, 6.45) is 0. The molecule has 0 N–H and O–H groups in total. The average Bonchev–Trinajstić information content (AvgIpc) is 2.40. The molecule has 18 heavy (non-hydrogen) atoms. The van der Waals surface area contributed by atoms with Gasteiger partial charge in [0, 0.05) is 5.92 Å². The van der Waals surface area contributed by atoms with E-state index in [0.717, 1.165) is 16.9 Å². The van der Waals surface area contributed by atoms with Crippen LogP contribution in [0.4, 0.5) is 0 Å². The van der Waals surface area contributed by atoms with E-state index < -0.39 is 4.84 Å². The normalized spacial score (nSPS) is 12.4. The van der Waals surface area contributed by atoms with Gasteiger partial charge in [0.1, 0.15) is 10.6 Å². The fraction of sp³-hybridized carbons (Fsp3) is 0.200. The Morgan fingerprint density at radius 1 is 0.833 bits per heavy atom. The van der Waals surface area contributed by atoms with Gasteiger partial charge in [-0.2, -0.15) is 0 Å². The average molecular weight is 281 g/mol. The molecule has 0 amide bonds. The second-order valence-corrected chi connectivity index (χ2v) is 5.16.